The normalized spacial score (nSPS) is 18.6. The lowest BCUT2D eigenvalue weighted by atomic mass is 10.1. The maximum Gasteiger partial charge on any atom is 0.255 e. The zero-order valence-electron chi connectivity index (χ0n) is 14.4. The van der Waals surface area contributed by atoms with Crippen LogP contribution in [0, 0.1) is 0 Å². The second-order valence-electron chi connectivity index (χ2n) is 6.66. The standard InChI is InChI=1S/C20H22N4O/c1-15-13-24(17-6-8-21-9-7-17)11-10-23(15)14-16-12-22-20(25)19-5-3-2-4-18(16)19/h2-9,12,15H,10-11,13-14H2,1H3,(H,22,25). The summed E-state index contributed by atoms with van der Waals surface area (Å²) in [6, 6.07) is 12.4. The number of fused-ring (bicyclic) bond motifs is 1. The Bertz CT molecular complexity index is 922. The largest absolute Gasteiger partial charge is 0.369 e. The van der Waals surface area contributed by atoms with Crippen molar-refractivity contribution in [1.82, 2.24) is 14.9 Å². The number of pyridine rings is 2. The van der Waals surface area contributed by atoms with Gasteiger partial charge in [-0.1, -0.05) is 18.2 Å². The van der Waals surface area contributed by atoms with Gasteiger partial charge in [-0.05, 0) is 36.1 Å². The Balaban J connectivity index is 1.53. The molecule has 1 aliphatic rings. The number of aromatic amines is 1. The van der Waals surface area contributed by atoms with Crippen molar-refractivity contribution in [2.24, 2.45) is 0 Å². The molecule has 25 heavy (non-hydrogen) atoms. The van der Waals surface area contributed by atoms with Gasteiger partial charge < -0.3 is 9.88 Å². The summed E-state index contributed by atoms with van der Waals surface area (Å²) < 4.78 is 0. The van der Waals surface area contributed by atoms with Crippen LogP contribution in [0.3, 0.4) is 0 Å². The Labute approximate surface area is 146 Å². The minimum absolute atomic E-state index is 0.0186. The monoisotopic (exact) mass is 334 g/mol. The van der Waals surface area contributed by atoms with Crippen molar-refractivity contribution >= 4 is 16.5 Å². The fourth-order valence-corrected chi connectivity index (χ4v) is 3.64. The summed E-state index contributed by atoms with van der Waals surface area (Å²) in [7, 11) is 0. The minimum Gasteiger partial charge on any atom is -0.369 e. The lowest BCUT2D eigenvalue weighted by molar-refractivity contribution is 0.181. The van der Waals surface area contributed by atoms with Gasteiger partial charge in [-0.3, -0.25) is 14.7 Å². The van der Waals surface area contributed by atoms with Crippen molar-refractivity contribution in [3.8, 4) is 0 Å². The molecule has 5 heteroatoms. The molecule has 1 N–H and O–H groups in total. The summed E-state index contributed by atoms with van der Waals surface area (Å²) in [5, 5.41) is 1.82. The SMILES string of the molecule is CC1CN(c2ccncc2)CCN1Cc1c[nH]c(=O)c2ccccc12. The maximum atomic E-state index is 12.0. The Hall–Kier alpha value is -2.66. The van der Waals surface area contributed by atoms with Crippen LogP contribution in [-0.4, -0.2) is 40.5 Å². The van der Waals surface area contributed by atoms with Gasteiger partial charge >= 0.3 is 0 Å². The number of hydrogen-bond acceptors (Lipinski definition) is 4. The highest BCUT2D eigenvalue weighted by Crippen LogP contribution is 2.22. The van der Waals surface area contributed by atoms with E-state index in [1.165, 1.54) is 11.3 Å². The summed E-state index contributed by atoms with van der Waals surface area (Å²) in [6.07, 6.45) is 5.56. The first-order chi connectivity index (χ1) is 12.2. The molecule has 1 aromatic carbocycles. The van der Waals surface area contributed by atoms with Crippen LogP contribution in [0.4, 0.5) is 5.69 Å². The molecule has 3 aromatic rings. The van der Waals surface area contributed by atoms with E-state index in [4.69, 9.17) is 0 Å². The molecule has 2 aromatic heterocycles. The molecular weight excluding hydrogens is 312 g/mol. The van der Waals surface area contributed by atoms with Gasteiger partial charge in [0.2, 0.25) is 0 Å². The van der Waals surface area contributed by atoms with E-state index >= 15 is 0 Å². The van der Waals surface area contributed by atoms with E-state index in [9.17, 15) is 4.79 Å². The Morgan fingerprint density at radius 2 is 1.88 bits per heavy atom. The first-order valence-electron chi connectivity index (χ1n) is 8.71. The summed E-state index contributed by atoms with van der Waals surface area (Å²) in [5.41, 5.74) is 2.39. The van der Waals surface area contributed by atoms with Gasteiger partial charge in [-0.2, -0.15) is 0 Å². The Morgan fingerprint density at radius 3 is 2.64 bits per heavy atom. The molecule has 1 aliphatic heterocycles. The van der Waals surface area contributed by atoms with Crippen LogP contribution < -0.4 is 10.5 Å². The molecule has 128 valence electrons. The van der Waals surface area contributed by atoms with Gasteiger partial charge in [0.15, 0.2) is 0 Å². The zero-order valence-corrected chi connectivity index (χ0v) is 14.4. The molecule has 5 nitrogen and oxygen atoms in total. The molecular formula is C20H22N4O. The smallest absolute Gasteiger partial charge is 0.255 e. The van der Waals surface area contributed by atoms with Gasteiger partial charge in [-0.25, -0.2) is 0 Å². The van der Waals surface area contributed by atoms with Crippen LogP contribution in [0.15, 0.2) is 59.8 Å². The zero-order chi connectivity index (χ0) is 17.2. The van der Waals surface area contributed by atoms with Gasteiger partial charge in [0.05, 0.1) is 0 Å². The van der Waals surface area contributed by atoms with Gasteiger partial charge in [0.1, 0.15) is 0 Å². The number of H-pyrrole nitrogens is 1. The molecule has 1 fully saturated rings. The highest BCUT2D eigenvalue weighted by atomic mass is 16.1. The number of nitrogens with zero attached hydrogens (tertiary/aromatic N) is 3. The van der Waals surface area contributed by atoms with Crippen molar-refractivity contribution < 1.29 is 0 Å². The van der Waals surface area contributed by atoms with Crippen molar-refractivity contribution in [2.75, 3.05) is 24.5 Å². The molecule has 0 aliphatic carbocycles. The predicted octanol–water partition coefficient (Wildman–Crippen LogP) is 2.63. The molecule has 1 saturated heterocycles. The second-order valence-corrected chi connectivity index (χ2v) is 6.66. The van der Waals surface area contributed by atoms with E-state index in [2.05, 4.69) is 38.8 Å². The van der Waals surface area contributed by atoms with Gasteiger partial charge in [-0.15, -0.1) is 0 Å². The highest BCUT2D eigenvalue weighted by Gasteiger charge is 2.24. The summed E-state index contributed by atoms with van der Waals surface area (Å²) in [4.78, 5) is 23.9. The third kappa shape index (κ3) is 3.15. The van der Waals surface area contributed by atoms with Crippen LogP contribution in [0.25, 0.3) is 10.8 Å². The highest BCUT2D eigenvalue weighted by molar-refractivity contribution is 5.84. The number of anilines is 1. The van der Waals surface area contributed by atoms with Crippen LogP contribution in [0.5, 0.6) is 0 Å². The van der Waals surface area contributed by atoms with Crippen LogP contribution in [0.1, 0.15) is 12.5 Å². The first kappa shape index (κ1) is 15.8. The Morgan fingerprint density at radius 1 is 1.12 bits per heavy atom. The number of rotatable bonds is 3. The van der Waals surface area contributed by atoms with Crippen LogP contribution in [0.2, 0.25) is 0 Å². The molecule has 0 spiro atoms. The molecule has 0 saturated carbocycles. The second kappa shape index (κ2) is 6.69. The third-order valence-corrected chi connectivity index (χ3v) is 5.06. The van der Waals surface area contributed by atoms with Crippen molar-refractivity contribution in [2.45, 2.75) is 19.5 Å². The number of hydrogen-bond donors (Lipinski definition) is 1. The molecule has 1 unspecified atom stereocenters. The maximum absolute atomic E-state index is 12.0. The van der Waals surface area contributed by atoms with E-state index in [-0.39, 0.29) is 5.56 Å². The lowest BCUT2D eigenvalue weighted by Gasteiger charge is -2.41. The average molecular weight is 334 g/mol. The van der Waals surface area contributed by atoms with Crippen molar-refractivity contribution in [1.29, 1.82) is 0 Å². The first-order valence-corrected chi connectivity index (χ1v) is 8.71. The quantitative estimate of drug-likeness (QED) is 0.800. The summed E-state index contributed by atoms with van der Waals surface area (Å²) in [6.45, 7) is 6.10. The van der Waals surface area contributed by atoms with Gasteiger partial charge in [0.25, 0.3) is 5.56 Å². The summed E-state index contributed by atoms with van der Waals surface area (Å²) in [5.74, 6) is 0. The molecule has 0 radical (unpaired) electrons. The van der Waals surface area contributed by atoms with Crippen molar-refractivity contribution in [3.05, 3.63) is 70.9 Å². The third-order valence-electron chi connectivity index (χ3n) is 5.06. The topological polar surface area (TPSA) is 52.2 Å². The summed E-state index contributed by atoms with van der Waals surface area (Å²) >= 11 is 0. The number of benzene rings is 1. The number of piperazine rings is 1. The molecule has 1 atom stereocenters. The molecule has 0 amide bonds. The molecule has 4 rings (SSSR count). The van der Waals surface area contributed by atoms with Crippen LogP contribution >= 0.6 is 0 Å². The molecule has 0 bridgehead atoms. The number of aromatic nitrogens is 2. The van der Waals surface area contributed by atoms with E-state index < -0.39 is 0 Å². The average Bonchev–Trinajstić information content (AvgIpc) is 2.66. The number of nitrogens with one attached hydrogen (secondary N) is 1. The van der Waals surface area contributed by atoms with E-state index in [0.29, 0.717) is 6.04 Å². The predicted molar refractivity (Wildman–Crippen MR) is 101 cm³/mol. The minimum atomic E-state index is -0.0186. The lowest BCUT2D eigenvalue weighted by Crippen LogP contribution is -2.51. The van der Waals surface area contributed by atoms with Crippen LogP contribution in [-0.2, 0) is 6.54 Å². The Kier molecular flexibility index (Phi) is 4.24. The van der Waals surface area contributed by atoms with Crippen molar-refractivity contribution in [3.63, 3.8) is 0 Å². The van der Waals surface area contributed by atoms with E-state index in [1.807, 2.05) is 42.9 Å². The van der Waals surface area contributed by atoms with E-state index in [0.717, 1.165) is 37.0 Å². The molecule has 3 heterocycles. The fourth-order valence-electron chi connectivity index (χ4n) is 3.64. The van der Waals surface area contributed by atoms with Gasteiger partial charge in [0, 0.05) is 61.9 Å². The fraction of sp³-hybridized carbons (Fsp3) is 0.300. The van der Waals surface area contributed by atoms with E-state index in [1.54, 1.807) is 0 Å².